The van der Waals surface area contributed by atoms with Crippen molar-refractivity contribution in [2.75, 3.05) is 6.79 Å². The molecule has 0 spiro atoms. The molecule has 2 rings (SSSR count). The molecule has 0 aromatic heterocycles. The van der Waals surface area contributed by atoms with Crippen LogP contribution < -0.4 is 9.47 Å². The largest absolute Gasteiger partial charge is 0.478 e. The Morgan fingerprint density at radius 3 is 2.67 bits per heavy atom. The number of carboxylic acids is 1. The van der Waals surface area contributed by atoms with Crippen molar-refractivity contribution in [3.05, 3.63) is 34.2 Å². The normalized spacial score (nSPS) is 10.9. The number of benzene rings is 1. The van der Waals surface area contributed by atoms with Crippen LogP contribution in [0.5, 0.6) is 11.5 Å². The molecular formula is C8H7N3O4. The van der Waals surface area contributed by atoms with Gasteiger partial charge in [-0.15, -0.1) is 5.53 Å². The number of ether oxygens (including phenoxy) is 2. The SMILES string of the molecule is O=C(O)c1ccc2c(c1)OCO2.[N-]=[N+]=N. The molecule has 1 aliphatic heterocycles. The summed E-state index contributed by atoms with van der Waals surface area (Å²) in [5, 5.41) is 8.62. The van der Waals surface area contributed by atoms with Gasteiger partial charge in [-0.05, 0) is 28.6 Å². The monoisotopic (exact) mass is 209 g/mol. The number of aromatic carboxylic acids is 1. The van der Waals surface area contributed by atoms with Gasteiger partial charge in [0.1, 0.15) is 0 Å². The van der Waals surface area contributed by atoms with Crippen LogP contribution in [0.3, 0.4) is 0 Å². The number of nitrogens with zero attached hydrogens (tertiary/aromatic N) is 2. The van der Waals surface area contributed by atoms with Crippen molar-refractivity contribution in [2.24, 2.45) is 0 Å². The Morgan fingerprint density at radius 1 is 1.47 bits per heavy atom. The molecule has 0 fully saturated rings. The molecule has 0 radical (unpaired) electrons. The number of carboxylic acid groups (broad SMARTS) is 1. The molecule has 78 valence electrons. The van der Waals surface area contributed by atoms with E-state index in [0.717, 1.165) is 0 Å². The maximum absolute atomic E-state index is 10.5. The first-order valence-electron chi connectivity index (χ1n) is 3.82. The predicted molar refractivity (Wildman–Crippen MR) is 49.0 cm³/mol. The Morgan fingerprint density at radius 2 is 2.07 bits per heavy atom. The first-order chi connectivity index (χ1) is 7.19. The van der Waals surface area contributed by atoms with Crippen LogP contribution >= 0.6 is 0 Å². The molecule has 0 atom stereocenters. The first kappa shape index (κ1) is 10.7. The zero-order valence-corrected chi connectivity index (χ0v) is 7.51. The van der Waals surface area contributed by atoms with E-state index in [0.29, 0.717) is 11.5 Å². The van der Waals surface area contributed by atoms with Gasteiger partial charge in [0.05, 0.1) is 5.56 Å². The summed E-state index contributed by atoms with van der Waals surface area (Å²) in [4.78, 5) is 12.3. The number of hydrogen-bond donors (Lipinski definition) is 2. The van der Waals surface area contributed by atoms with E-state index < -0.39 is 5.97 Å². The number of carbonyl (C=O) groups is 1. The van der Waals surface area contributed by atoms with Crippen LogP contribution in [-0.4, -0.2) is 17.9 Å². The average Bonchev–Trinajstić information content (AvgIpc) is 2.65. The fraction of sp³-hybridized carbons (Fsp3) is 0.125. The van der Waals surface area contributed by atoms with Crippen LogP contribution in [0, 0.1) is 5.53 Å². The lowest BCUT2D eigenvalue weighted by Gasteiger charge is -1.96. The van der Waals surface area contributed by atoms with Gasteiger partial charge in [0.15, 0.2) is 11.5 Å². The minimum atomic E-state index is -0.965. The molecule has 1 aromatic rings. The molecule has 15 heavy (non-hydrogen) atoms. The molecule has 0 amide bonds. The third-order valence-corrected chi connectivity index (χ3v) is 1.62. The van der Waals surface area contributed by atoms with Gasteiger partial charge in [-0.25, -0.2) is 4.79 Å². The summed E-state index contributed by atoms with van der Waals surface area (Å²) in [6, 6.07) is 4.52. The van der Waals surface area contributed by atoms with Gasteiger partial charge < -0.3 is 14.6 Å². The molecule has 1 heterocycles. The summed E-state index contributed by atoms with van der Waals surface area (Å²) in [7, 11) is 0. The second-order valence-corrected chi connectivity index (χ2v) is 2.47. The van der Waals surface area contributed by atoms with Crippen molar-refractivity contribution in [3.63, 3.8) is 0 Å². The van der Waals surface area contributed by atoms with Gasteiger partial charge in [0.25, 0.3) is 0 Å². The zero-order valence-electron chi connectivity index (χ0n) is 7.51. The minimum absolute atomic E-state index is 0.165. The molecule has 0 unspecified atom stereocenters. The Kier molecular flexibility index (Phi) is 3.37. The Labute approximate surface area is 84.3 Å². The summed E-state index contributed by atoms with van der Waals surface area (Å²) in [6.07, 6.45) is 0. The van der Waals surface area contributed by atoms with E-state index >= 15 is 0 Å². The number of hydrogen-bond acceptors (Lipinski definition) is 4. The first-order valence-corrected chi connectivity index (χ1v) is 3.82. The standard InChI is InChI=1S/C8H6O4.HN3/c9-8(10)5-1-2-6-7(3-5)12-4-11-6;1-3-2/h1-3H,4H2,(H,9,10);1H. The molecule has 1 aromatic carbocycles. The summed E-state index contributed by atoms with van der Waals surface area (Å²) >= 11 is 0. The summed E-state index contributed by atoms with van der Waals surface area (Å²) in [6.45, 7) is 0.165. The number of nitrogens with one attached hydrogen (secondary N) is 1. The van der Waals surface area contributed by atoms with Crippen LogP contribution in [0.2, 0.25) is 0 Å². The zero-order chi connectivity index (χ0) is 11.3. The third kappa shape index (κ3) is 2.52. The molecule has 0 bridgehead atoms. The second-order valence-electron chi connectivity index (χ2n) is 2.47. The Hall–Kier alpha value is -2.40. The maximum atomic E-state index is 10.5. The Balaban J connectivity index is 0.000000337. The molecule has 2 N–H and O–H groups in total. The topological polar surface area (TPSA) is 116 Å². The predicted octanol–water partition coefficient (Wildman–Crippen LogP) is 1.99. The molecule has 7 heteroatoms. The van der Waals surface area contributed by atoms with E-state index in [1.54, 1.807) is 11.0 Å². The highest BCUT2D eigenvalue weighted by Crippen LogP contribution is 2.32. The van der Waals surface area contributed by atoms with Crippen molar-refractivity contribution in [1.82, 2.24) is 0 Å². The van der Waals surface area contributed by atoms with Crippen molar-refractivity contribution < 1.29 is 19.4 Å². The van der Waals surface area contributed by atoms with Crippen LogP contribution in [-0.2, 0) is 0 Å². The van der Waals surface area contributed by atoms with Crippen molar-refractivity contribution in [1.29, 1.82) is 5.53 Å². The lowest BCUT2D eigenvalue weighted by Crippen LogP contribution is -1.95. The molecule has 1 aliphatic rings. The fourth-order valence-electron chi connectivity index (χ4n) is 1.03. The van der Waals surface area contributed by atoms with E-state index in [9.17, 15) is 4.79 Å². The van der Waals surface area contributed by atoms with Crippen molar-refractivity contribution in [2.45, 2.75) is 0 Å². The van der Waals surface area contributed by atoms with Gasteiger partial charge in [-0.1, -0.05) is 0 Å². The average molecular weight is 209 g/mol. The van der Waals surface area contributed by atoms with Crippen LogP contribution in [0.25, 0.3) is 10.4 Å². The van der Waals surface area contributed by atoms with E-state index in [4.69, 9.17) is 25.6 Å². The fourth-order valence-corrected chi connectivity index (χ4v) is 1.03. The highest BCUT2D eigenvalue weighted by molar-refractivity contribution is 5.88. The summed E-state index contributed by atoms with van der Waals surface area (Å²) in [5.74, 6) is 0.128. The van der Waals surface area contributed by atoms with Gasteiger partial charge >= 0.3 is 5.97 Å². The smallest absolute Gasteiger partial charge is 0.335 e. The van der Waals surface area contributed by atoms with Gasteiger partial charge in [-0.2, -0.15) is 0 Å². The maximum Gasteiger partial charge on any atom is 0.335 e. The van der Waals surface area contributed by atoms with Crippen LogP contribution in [0.4, 0.5) is 0 Å². The van der Waals surface area contributed by atoms with E-state index in [1.807, 2.05) is 0 Å². The van der Waals surface area contributed by atoms with Crippen LogP contribution in [0.15, 0.2) is 18.2 Å². The summed E-state index contributed by atoms with van der Waals surface area (Å²) in [5.41, 5.74) is 12.5. The van der Waals surface area contributed by atoms with Crippen LogP contribution in [0.1, 0.15) is 10.4 Å². The molecule has 0 saturated heterocycles. The number of rotatable bonds is 1. The molecule has 0 aliphatic carbocycles. The van der Waals surface area contributed by atoms with E-state index in [2.05, 4.69) is 0 Å². The van der Waals surface area contributed by atoms with Crippen molar-refractivity contribution in [3.8, 4) is 11.5 Å². The third-order valence-electron chi connectivity index (χ3n) is 1.62. The molecule has 0 saturated carbocycles. The highest BCUT2D eigenvalue weighted by Gasteiger charge is 2.15. The van der Waals surface area contributed by atoms with Gasteiger partial charge in [-0.3, -0.25) is 0 Å². The van der Waals surface area contributed by atoms with E-state index in [1.165, 1.54) is 12.1 Å². The second kappa shape index (κ2) is 4.73. The molecule has 7 nitrogen and oxygen atoms in total. The number of fused-ring (bicyclic) bond motifs is 1. The summed E-state index contributed by atoms with van der Waals surface area (Å²) < 4.78 is 10.0. The van der Waals surface area contributed by atoms with Gasteiger partial charge in [0, 0.05) is 0 Å². The molecular weight excluding hydrogens is 202 g/mol. The minimum Gasteiger partial charge on any atom is -0.478 e. The quantitative estimate of drug-likeness (QED) is 0.417. The lowest BCUT2D eigenvalue weighted by atomic mass is 10.2. The highest BCUT2D eigenvalue weighted by atomic mass is 16.7. The van der Waals surface area contributed by atoms with E-state index in [-0.39, 0.29) is 12.4 Å². The lowest BCUT2D eigenvalue weighted by molar-refractivity contribution is 0.0696. The van der Waals surface area contributed by atoms with Gasteiger partial charge in [0.2, 0.25) is 6.79 Å². The van der Waals surface area contributed by atoms with Crippen molar-refractivity contribution >= 4 is 5.97 Å². The Bertz CT molecular complexity index is 412.